The zero-order valence-corrected chi connectivity index (χ0v) is 18.4. The minimum absolute atomic E-state index is 0.0311. The molecule has 0 aromatic heterocycles. The van der Waals surface area contributed by atoms with Gasteiger partial charge in [0.15, 0.2) is 0 Å². The Morgan fingerprint density at radius 3 is 2.50 bits per heavy atom. The van der Waals surface area contributed by atoms with Gasteiger partial charge in [-0.2, -0.15) is 4.72 Å². The lowest BCUT2D eigenvalue weighted by Gasteiger charge is -2.16. The minimum atomic E-state index is -3.94. The van der Waals surface area contributed by atoms with Crippen molar-refractivity contribution < 1.29 is 27.5 Å². The van der Waals surface area contributed by atoms with Gasteiger partial charge in [0.2, 0.25) is 21.8 Å². The molecule has 11 heteroatoms. The summed E-state index contributed by atoms with van der Waals surface area (Å²) in [6, 6.07) is 11.7. The molecule has 2 aromatic carbocycles. The van der Waals surface area contributed by atoms with Crippen LogP contribution in [0.1, 0.15) is 19.4 Å². The second-order valence-electron chi connectivity index (χ2n) is 7.20. The molecule has 1 saturated heterocycles. The topological polar surface area (TPSA) is 134 Å². The maximum atomic E-state index is 12.5. The van der Waals surface area contributed by atoms with E-state index in [1.807, 2.05) is 0 Å². The summed E-state index contributed by atoms with van der Waals surface area (Å²) in [5, 5.41) is 5.24. The summed E-state index contributed by atoms with van der Waals surface area (Å²) < 4.78 is 32.4. The van der Waals surface area contributed by atoms with Crippen molar-refractivity contribution in [1.82, 2.24) is 10.0 Å². The van der Waals surface area contributed by atoms with Gasteiger partial charge in [0.1, 0.15) is 6.61 Å². The van der Waals surface area contributed by atoms with Crippen LogP contribution in [-0.2, 0) is 30.9 Å². The molecule has 0 saturated carbocycles. The summed E-state index contributed by atoms with van der Waals surface area (Å²) in [7, 11) is -3.94. The quantitative estimate of drug-likeness (QED) is 0.548. The predicted molar refractivity (Wildman–Crippen MR) is 118 cm³/mol. The van der Waals surface area contributed by atoms with E-state index >= 15 is 0 Å². The number of sulfonamides is 1. The SMILES string of the molecule is CC(=O)Nc1ccc(S(=O)(=O)N[C@@H](C)C(=O)NCc2cccc(N3CCOC3=O)c2)cc1. The first-order valence-corrected chi connectivity index (χ1v) is 11.3. The number of rotatable bonds is 8. The first kappa shape index (κ1) is 23.2. The molecule has 3 N–H and O–H groups in total. The summed E-state index contributed by atoms with van der Waals surface area (Å²) in [5.74, 6) is -0.774. The Labute approximate surface area is 186 Å². The highest BCUT2D eigenvalue weighted by atomic mass is 32.2. The summed E-state index contributed by atoms with van der Waals surface area (Å²) in [4.78, 5) is 36.7. The average molecular weight is 461 g/mol. The van der Waals surface area contributed by atoms with Gasteiger partial charge in [-0.15, -0.1) is 0 Å². The van der Waals surface area contributed by atoms with Gasteiger partial charge in [-0.1, -0.05) is 12.1 Å². The Morgan fingerprint density at radius 2 is 1.88 bits per heavy atom. The largest absolute Gasteiger partial charge is 0.447 e. The van der Waals surface area contributed by atoms with Gasteiger partial charge in [-0.05, 0) is 48.9 Å². The number of ether oxygens (including phenoxy) is 1. The second-order valence-corrected chi connectivity index (χ2v) is 8.92. The fourth-order valence-electron chi connectivity index (χ4n) is 3.08. The number of nitrogens with one attached hydrogen (secondary N) is 3. The van der Waals surface area contributed by atoms with E-state index in [0.717, 1.165) is 5.56 Å². The van der Waals surface area contributed by atoms with Crippen molar-refractivity contribution in [3.8, 4) is 0 Å². The molecule has 10 nitrogen and oxygen atoms in total. The lowest BCUT2D eigenvalue weighted by Crippen LogP contribution is -2.44. The van der Waals surface area contributed by atoms with E-state index in [1.165, 1.54) is 43.0 Å². The molecule has 1 aliphatic rings. The molecule has 2 aromatic rings. The Bertz CT molecular complexity index is 1120. The van der Waals surface area contributed by atoms with Gasteiger partial charge in [0, 0.05) is 24.8 Å². The Morgan fingerprint density at radius 1 is 1.16 bits per heavy atom. The summed E-state index contributed by atoms with van der Waals surface area (Å²) in [6.07, 6.45) is -0.417. The number of benzene rings is 2. The number of carbonyl (C=O) groups excluding carboxylic acids is 3. The van der Waals surface area contributed by atoms with Crippen molar-refractivity contribution in [2.75, 3.05) is 23.4 Å². The fourth-order valence-corrected chi connectivity index (χ4v) is 4.28. The van der Waals surface area contributed by atoms with Crippen LogP contribution in [0.2, 0.25) is 0 Å². The molecule has 170 valence electrons. The van der Waals surface area contributed by atoms with Crippen LogP contribution in [0.15, 0.2) is 53.4 Å². The molecule has 0 spiro atoms. The average Bonchev–Trinajstić information content (AvgIpc) is 3.17. The van der Waals surface area contributed by atoms with Crippen LogP contribution in [0.25, 0.3) is 0 Å². The zero-order valence-electron chi connectivity index (χ0n) is 17.6. The number of cyclic esters (lactones) is 1. The standard InChI is InChI=1S/C21H24N4O6S/c1-14(24-32(29,30)19-8-6-17(7-9-19)23-15(2)26)20(27)22-13-16-4-3-5-18(12-16)25-10-11-31-21(25)28/h3-9,12,14,24H,10-11,13H2,1-2H3,(H,22,27)(H,23,26)/t14-/m0/s1. The summed E-state index contributed by atoms with van der Waals surface area (Å²) in [6.45, 7) is 3.73. The number of hydrogen-bond donors (Lipinski definition) is 3. The van der Waals surface area contributed by atoms with Crippen LogP contribution in [0.4, 0.5) is 16.2 Å². The van der Waals surface area contributed by atoms with Crippen molar-refractivity contribution in [3.63, 3.8) is 0 Å². The van der Waals surface area contributed by atoms with Gasteiger partial charge in [-0.25, -0.2) is 13.2 Å². The van der Waals surface area contributed by atoms with Gasteiger partial charge in [-0.3, -0.25) is 14.5 Å². The number of carbonyl (C=O) groups is 3. The summed E-state index contributed by atoms with van der Waals surface area (Å²) in [5.41, 5.74) is 1.88. The zero-order chi connectivity index (χ0) is 23.3. The molecule has 1 heterocycles. The third-order valence-corrected chi connectivity index (χ3v) is 6.22. The number of hydrogen-bond acceptors (Lipinski definition) is 6. The molecule has 1 atom stereocenters. The lowest BCUT2D eigenvalue weighted by atomic mass is 10.2. The van der Waals surface area contributed by atoms with Crippen LogP contribution < -0.4 is 20.3 Å². The highest BCUT2D eigenvalue weighted by Crippen LogP contribution is 2.20. The fraction of sp³-hybridized carbons (Fsp3) is 0.286. The lowest BCUT2D eigenvalue weighted by molar-refractivity contribution is -0.122. The minimum Gasteiger partial charge on any atom is -0.447 e. The number of nitrogens with zero attached hydrogens (tertiary/aromatic N) is 1. The molecule has 1 fully saturated rings. The molecule has 3 amide bonds. The first-order chi connectivity index (χ1) is 15.2. The van der Waals surface area contributed by atoms with E-state index in [9.17, 15) is 22.8 Å². The van der Waals surface area contributed by atoms with Gasteiger partial charge in [0.05, 0.1) is 17.5 Å². The summed E-state index contributed by atoms with van der Waals surface area (Å²) >= 11 is 0. The normalized spacial score (nSPS) is 14.6. The molecule has 0 bridgehead atoms. The smallest absolute Gasteiger partial charge is 0.414 e. The maximum absolute atomic E-state index is 12.5. The van der Waals surface area contributed by atoms with E-state index in [1.54, 1.807) is 24.3 Å². The second kappa shape index (κ2) is 9.79. The van der Waals surface area contributed by atoms with Crippen LogP contribution in [0, 0.1) is 0 Å². The number of anilines is 2. The third kappa shape index (κ3) is 5.83. The highest BCUT2D eigenvalue weighted by molar-refractivity contribution is 7.89. The third-order valence-electron chi connectivity index (χ3n) is 4.66. The first-order valence-electron chi connectivity index (χ1n) is 9.86. The Balaban J connectivity index is 1.57. The van der Waals surface area contributed by atoms with Crippen LogP contribution in [0.5, 0.6) is 0 Å². The van der Waals surface area contributed by atoms with E-state index in [4.69, 9.17) is 4.74 Å². The molecule has 0 aliphatic carbocycles. The van der Waals surface area contributed by atoms with Crippen LogP contribution >= 0.6 is 0 Å². The van der Waals surface area contributed by atoms with E-state index < -0.39 is 28.1 Å². The van der Waals surface area contributed by atoms with Crippen molar-refractivity contribution in [2.24, 2.45) is 0 Å². The molecule has 3 rings (SSSR count). The predicted octanol–water partition coefficient (Wildman–Crippen LogP) is 1.58. The molecule has 1 aliphatic heterocycles. The Kier molecular flexibility index (Phi) is 7.11. The van der Waals surface area contributed by atoms with Crippen molar-refractivity contribution in [2.45, 2.75) is 31.3 Å². The monoisotopic (exact) mass is 460 g/mol. The van der Waals surface area contributed by atoms with E-state index in [-0.39, 0.29) is 17.3 Å². The van der Waals surface area contributed by atoms with E-state index in [0.29, 0.717) is 24.5 Å². The molecular formula is C21H24N4O6S. The van der Waals surface area contributed by atoms with Gasteiger partial charge in [0.25, 0.3) is 0 Å². The number of amides is 3. The van der Waals surface area contributed by atoms with Crippen molar-refractivity contribution >= 4 is 39.3 Å². The van der Waals surface area contributed by atoms with Gasteiger partial charge < -0.3 is 15.4 Å². The van der Waals surface area contributed by atoms with Crippen molar-refractivity contribution in [1.29, 1.82) is 0 Å². The van der Waals surface area contributed by atoms with Gasteiger partial charge >= 0.3 is 6.09 Å². The molecule has 0 radical (unpaired) electrons. The molecule has 32 heavy (non-hydrogen) atoms. The van der Waals surface area contributed by atoms with E-state index in [2.05, 4.69) is 15.4 Å². The van der Waals surface area contributed by atoms with Crippen LogP contribution in [-0.4, -0.2) is 45.5 Å². The molecular weight excluding hydrogens is 436 g/mol. The van der Waals surface area contributed by atoms with Crippen molar-refractivity contribution in [3.05, 3.63) is 54.1 Å². The maximum Gasteiger partial charge on any atom is 0.414 e. The Hall–Kier alpha value is -3.44. The van der Waals surface area contributed by atoms with Crippen LogP contribution in [0.3, 0.4) is 0 Å². The molecule has 0 unspecified atom stereocenters. The highest BCUT2D eigenvalue weighted by Gasteiger charge is 2.24.